The average molecular weight is 160 g/mol. The standard InChI is InChI=1S/C5H16Si3/c1-5-4-8(6-2)7(5)3/h5,7-8H,4,6H2,1-3H3. The summed E-state index contributed by atoms with van der Waals surface area (Å²) in [5, 5.41) is 0. The zero-order chi connectivity index (χ0) is 6.15. The van der Waals surface area contributed by atoms with Gasteiger partial charge in [0.2, 0.25) is 0 Å². The van der Waals surface area contributed by atoms with Gasteiger partial charge in [-0.05, 0) is 0 Å². The van der Waals surface area contributed by atoms with Crippen LogP contribution in [0.5, 0.6) is 0 Å². The summed E-state index contributed by atoms with van der Waals surface area (Å²) in [5.74, 6) is 0. The van der Waals surface area contributed by atoms with E-state index in [0.29, 0.717) is 9.04 Å². The van der Waals surface area contributed by atoms with Crippen LogP contribution in [0.25, 0.3) is 0 Å². The van der Waals surface area contributed by atoms with Gasteiger partial charge in [0.25, 0.3) is 0 Å². The van der Waals surface area contributed by atoms with Gasteiger partial charge in [-0.1, -0.05) is 31.6 Å². The summed E-state index contributed by atoms with van der Waals surface area (Å²) in [6, 6.07) is 1.75. The molecule has 0 radical (unpaired) electrons. The van der Waals surface area contributed by atoms with Crippen LogP contribution in [0.2, 0.25) is 24.7 Å². The molecule has 48 valence electrons. The van der Waals surface area contributed by atoms with E-state index < -0.39 is 0 Å². The van der Waals surface area contributed by atoms with Gasteiger partial charge < -0.3 is 0 Å². The van der Waals surface area contributed by atoms with Gasteiger partial charge >= 0.3 is 0 Å². The summed E-state index contributed by atoms with van der Waals surface area (Å²) in [7, 11) is 0.715. The van der Waals surface area contributed by atoms with Gasteiger partial charge in [-0.15, -0.1) is 0 Å². The molecule has 0 aromatic rings. The maximum Gasteiger partial charge on any atom is 0.0243 e. The van der Waals surface area contributed by atoms with Crippen LogP contribution >= 0.6 is 0 Å². The maximum absolute atomic E-state index is 2.61. The minimum Gasteiger partial charge on any atom is -0.0771 e. The molecule has 0 aromatic heterocycles. The molecule has 1 fully saturated rings. The third kappa shape index (κ3) is 0.989. The van der Waals surface area contributed by atoms with E-state index in [4.69, 9.17) is 0 Å². The fourth-order valence-electron chi connectivity index (χ4n) is 1.71. The Balaban J connectivity index is 2.25. The van der Waals surface area contributed by atoms with Gasteiger partial charge in [0, 0.05) is 25.2 Å². The van der Waals surface area contributed by atoms with E-state index in [1.807, 2.05) is 0 Å². The highest BCUT2D eigenvalue weighted by atomic mass is 29.6. The van der Waals surface area contributed by atoms with Gasteiger partial charge in [0.15, 0.2) is 0 Å². The highest BCUT2D eigenvalue weighted by Crippen LogP contribution is 2.30. The van der Waals surface area contributed by atoms with Crippen LogP contribution < -0.4 is 0 Å². The molecular formula is C5H16Si3. The summed E-state index contributed by atoms with van der Waals surface area (Å²) in [4.78, 5) is 0. The highest BCUT2D eigenvalue weighted by molar-refractivity contribution is 7.48. The normalized spacial score (nSPS) is 47.6. The molecule has 8 heavy (non-hydrogen) atoms. The van der Waals surface area contributed by atoms with Gasteiger partial charge in [0.1, 0.15) is 0 Å². The Labute approximate surface area is 57.3 Å². The van der Waals surface area contributed by atoms with E-state index in [1.165, 1.54) is 5.54 Å². The highest BCUT2D eigenvalue weighted by Gasteiger charge is 2.34. The minimum absolute atomic E-state index is 0.0224. The van der Waals surface area contributed by atoms with Gasteiger partial charge in [-0.25, -0.2) is 0 Å². The molecule has 0 saturated carbocycles. The van der Waals surface area contributed by atoms with E-state index in [1.54, 1.807) is 6.04 Å². The van der Waals surface area contributed by atoms with Crippen molar-refractivity contribution in [2.75, 3.05) is 0 Å². The third-order valence-corrected chi connectivity index (χ3v) is 31.7. The number of hydrogen-bond donors (Lipinski definition) is 0. The molecular weight excluding hydrogens is 144 g/mol. The van der Waals surface area contributed by atoms with Crippen LogP contribution in [0.15, 0.2) is 0 Å². The molecule has 0 aromatic carbocycles. The first kappa shape index (κ1) is 6.77. The summed E-state index contributed by atoms with van der Waals surface area (Å²) in [6.07, 6.45) is 0. The molecule has 1 saturated heterocycles. The smallest absolute Gasteiger partial charge is 0.0243 e. The number of hydrogen-bond acceptors (Lipinski definition) is 0. The van der Waals surface area contributed by atoms with Crippen molar-refractivity contribution in [3.8, 4) is 0 Å². The largest absolute Gasteiger partial charge is 0.0771 e. The predicted molar refractivity (Wildman–Crippen MR) is 48.8 cm³/mol. The molecule has 0 N–H and O–H groups in total. The molecule has 0 spiro atoms. The van der Waals surface area contributed by atoms with Crippen molar-refractivity contribution < 1.29 is 0 Å². The van der Waals surface area contributed by atoms with Crippen LogP contribution in [-0.2, 0) is 0 Å². The van der Waals surface area contributed by atoms with Crippen molar-refractivity contribution in [1.29, 1.82) is 0 Å². The van der Waals surface area contributed by atoms with Crippen molar-refractivity contribution in [2.45, 2.75) is 31.6 Å². The van der Waals surface area contributed by atoms with E-state index >= 15 is 0 Å². The molecule has 1 rings (SSSR count). The molecule has 1 aliphatic heterocycles. The Hall–Kier alpha value is 0.651. The molecule has 0 amide bonds. The minimum atomic E-state index is 0.0224. The molecule has 0 aliphatic carbocycles. The summed E-state index contributed by atoms with van der Waals surface area (Å²) < 4.78 is 0. The summed E-state index contributed by atoms with van der Waals surface area (Å²) in [6.45, 7) is 7.62. The van der Waals surface area contributed by atoms with E-state index in [0.717, 1.165) is 0 Å². The Morgan fingerprint density at radius 2 is 2.25 bits per heavy atom. The Bertz CT molecular complexity index is 83.7. The molecule has 1 aliphatic rings. The van der Waals surface area contributed by atoms with Crippen molar-refractivity contribution in [1.82, 2.24) is 0 Å². The van der Waals surface area contributed by atoms with E-state index in [-0.39, 0.29) is 16.1 Å². The van der Waals surface area contributed by atoms with Crippen LogP contribution in [0, 0.1) is 0 Å². The van der Waals surface area contributed by atoms with Crippen molar-refractivity contribution >= 4 is 25.2 Å². The lowest BCUT2D eigenvalue weighted by Crippen LogP contribution is -2.51. The first-order chi connectivity index (χ1) is 3.75. The molecule has 0 nitrogen and oxygen atoms in total. The lowest BCUT2D eigenvalue weighted by atomic mass is 10.6. The van der Waals surface area contributed by atoms with Crippen LogP contribution in [0.3, 0.4) is 0 Å². The molecule has 0 bridgehead atoms. The maximum atomic E-state index is 2.61. The van der Waals surface area contributed by atoms with Crippen LogP contribution in [-0.4, -0.2) is 25.2 Å². The molecule has 3 unspecified atom stereocenters. The Morgan fingerprint density at radius 3 is 2.38 bits per heavy atom. The monoisotopic (exact) mass is 160 g/mol. The van der Waals surface area contributed by atoms with Gasteiger partial charge in [-0.2, -0.15) is 0 Å². The lowest BCUT2D eigenvalue weighted by Gasteiger charge is -2.37. The van der Waals surface area contributed by atoms with E-state index in [2.05, 4.69) is 20.0 Å². The second kappa shape index (κ2) is 2.49. The predicted octanol–water partition coefficient (Wildman–Crippen LogP) is 0.266. The van der Waals surface area contributed by atoms with Crippen LogP contribution in [0.1, 0.15) is 6.92 Å². The SMILES string of the molecule is C[SiH2][SiH]1CC(C)[SiH]1C. The number of rotatable bonds is 1. The second-order valence-electron chi connectivity index (χ2n) is 3.24. The summed E-state index contributed by atoms with van der Waals surface area (Å²) >= 11 is 0. The van der Waals surface area contributed by atoms with Gasteiger partial charge in [0.05, 0.1) is 0 Å². The molecule has 1 heterocycles. The van der Waals surface area contributed by atoms with Crippen molar-refractivity contribution in [3.63, 3.8) is 0 Å². The van der Waals surface area contributed by atoms with E-state index in [9.17, 15) is 0 Å². The van der Waals surface area contributed by atoms with Crippen LogP contribution in [0.4, 0.5) is 0 Å². The molecule has 3 heteroatoms. The quantitative estimate of drug-likeness (QED) is 0.483. The zero-order valence-electron chi connectivity index (χ0n) is 6.15. The van der Waals surface area contributed by atoms with Crippen molar-refractivity contribution in [2.24, 2.45) is 0 Å². The Morgan fingerprint density at radius 1 is 1.62 bits per heavy atom. The topological polar surface area (TPSA) is 0 Å². The lowest BCUT2D eigenvalue weighted by molar-refractivity contribution is 1.01. The first-order valence-electron chi connectivity index (χ1n) is 3.75. The fourth-order valence-corrected chi connectivity index (χ4v) is 28.0. The Kier molecular flexibility index (Phi) is 2.11. The molecule has 3 atom stereocenters. The first-order valence-corrected chi connectivity index (χ1v) is 13.7. The zero-order valence-corrected chi connectivity index (χ0v) is 9.87. The average Bonchev–Trinajstić information content (AvgIpc) is 1.81. The fraction of sp³-hybridized carbons (Fsp3) is 1.00. The summed E-state index contributed by atoms with van der Waals surface area (Å²) in [5.41, 5.74) is 1.25. The van der Waals surface area contributed by atoms with Gasteiger partial charge in [-0.3, -0.25) is 0 Å². The third-order valence-electron chi connectivity index (χ3n) is 2.84. The second-order valence-corrected chi connectivity index (χ2v) is 23.3. The van der Waals surface area contributed by atoms with Crippen molar-refractivity contribution in [3.05, 3.63) is 0 Å².